The normalized spacial score (nSPS) is 10.2. The third kappa shape index (κ3) is 5.39. The number of aryl methyl sites for hydroxylation is 1. The minimum Gasteiger partial charge on any atom is -0.492 e. The molecule has 5 heteroatoms. The van der Waals surface area contributed by atoms with Crippen LogP contribution in [0.3, 0.4) is 0 Å². The summed E-state index contributed by atoms with van der Waals surface area (Å²) < 4.78 is 5.57. The van der Waals surface area contributed by atoms with Crippen LogP contribution in [0.25, 0.3) is 0 Å². The second kappa shape index (κ2) is 9.46. The average molecular weight is 387 g/mol. The van der Waals surface area contributed by atoms with Crippen LogP contribution >= 0.6 is 0 Å². The van der Waals surface area contributed by atoms with E-state index in [2.05, 4.69) is 5.32 Å². The molecule has 0 saturated carbocycles. The number of carbonyl (C=O) groups excluding carboxylic acids is 3. The summed E-state index contributed by atoms with van der Waals surface area (Å²) in [4.78, 5) is 36.8. The van der Waals surface area contributed by atoms with Crippen LogP contribution in [0.2, 0.25) is 0 Å². The fourth-order valence-corrected chi connectivity index (χ4v) is 2.69. The molecule has 0 aromatic heterocycles. The Hall–Kier alpha value is -3.73. The summed E-state index contributed by atoms with van der Waals surface area (Å²) >= 11 is 0. The first kappa shape index (κ1) is 20.0. The minimum atomic E-state index is -0.602. The van der Waals surface area contributed by atoms with Crippen molar-refractivity contribution in [2.45, 2.75) is 6.92 Å². The quantitative estimate of drug-likeness (QED) is 0.362. The van der Waals surface area contributed by atoms with Gasteiger partial charge in [-0.25, -0.2) is 0 Å². The smallest absolute Gasteiger partial charge is 0.251 e. The Balaban J connectivity index is 1.51. The predicted molar refractivity (Wildman–Crippen MR) is 111 cm³/mol. The lowest BCUT2D eigenvalue weighted by atomic mass is 10.0. The standard InChI is InChI=1S/C24H21NO4/c1-17-7-13-21(14-8-17)29-16-15-25-24(28)20-11-9-19(10-12-20)23(27)22(26)18-5-3-2-4-6-18/h2-14H,15-16H2,1H3,(H,25,28). The number of hydrogen-bond donors (Lipinski definition) is 1. The number of rotatable bonds is 8. The zero-order valence-corrected chi connectivity index (χ0v) is 16.1. The van der Waals surface area contributed by atoms with Crippen molar-refractivity contribution in [2.24, 2.45) is 0 Å². The molecule has 0 bridgehead atoms. The van der Waals surface area contributed by atoms with Gasteiger partial charge in [0.1, 0.15) is 12.4 Å². The highest BCUT2D eigenvalue weighted by molar-refractivity contribution is 6.49. The highest BCUT2D eigenvalue weighted by atomic mass is 16.5. The number of ketones is 2. The average Bonchev–Trinajstić information content (AvgIpc) is 2.77. The highest BCUT2D eigenvalue weighted by Gasteiger charge is 2.18. The summed E-state index contributed by atoms with van der Waals surface area (Å²) in [5, 5.41) is 2.76. The third-order valence-corrected chi connectivity index (χ3v) is 4.33. The lowest BCUT2D eigenvalue weighted by molar-refractivity contribution is 0.0817. The van der Waals surface area contributed by atoms with Crippen molar-refractivity contribution >= 4 is 17.5 Å². The maximum Gasteiger partial charge on any atom is 0.251 e. The van der Waals surface area contributed by atoms with Crippen LogP contribution in [0.1, 0.15) is 36.6 Å². The Morgan fingerprint density at radius 2 is 1.28 bits per heavy atom. The highest BCUT2D eigenvalue weighted by Crippen LogP contribution is 2.11. The fourth-order valence-electron chi connectivity index (χ4n) is 2.69. The lowest BCUT2D eigenvalue weighted by Gasteiger charge is -2.08. The Bertz CT molecular complexity index is 993. The van der Waals surface area contributed by atoms with Crippen LogP contribution in [0.5, 0.6) is 5.75 Å². The first-order valence-electron chi connectivity index (χ1n) is 9.26. The van der Waals surface area contributed by atoms with Gasteiger partial charge >= 0.3 is 0 Å². The van der Waals surface area contributed by atoms with Gasteiger partial charge in [-0.15, -0.1) is 0 Å². The second-order valence-electron chi connectivity index (χ2n) is 6.52. The van der Waals surface area contributed by atoms with Gasteiger partial charge in [-0.3, -0.25) is 14.4 Å². The number of Topliss-reactive ketones (excluding diaryl/α,β-unsaturated/α-hetero) is 2. The molecule has 1 N–H and O–H groups in total. The van der Waals surface area contributed by atoms with Crippen molar-refractivity contribution in [1.29, 1.82) is 0 Å². The van der Waals surface area contributed by atoms with Gasteiger partial charge in [-0.05, 0) is 31.2 Å². The molecule has 146 valence electrons. The van der Waals surface area contributed by atoms with E-state index in [1.807, 2.05) is 31.2 Å². The van der Waals surface area contributed by atoms with Crippen molar-refractivity contribution in [3.8, 4) is 5.75 Å². The van der Waals surface area contributed by atoms with E-state index in [0.29, 0.717) is 24.3 Å². The van der Waals surface area contributed by atoms with Gasteiger partial charge in [0.05, 0.1) is 6.54 Å². The molecule has 0 heterocycles. The molecule has 29 heavy (non-hydrogen) atoms. The number of ether oxygens (including phenoxy) is 1. The molecule has 0 atom stereocenters. The third-order valence-electron chi connectivity index (χ3n) is 4.33. The maximum absolute atomic E-state index is 12.3. The van der Waals surface area contributed by atoms with Gasteiger partial charge in [0.15, 0.2) is 0 Å². The van der Waals surface area contributed by atoms with E-state index in [1.54, 1.807) is 30.3 Å². The van der Waals surface area contributed by atoms with Crippen LogP contribution in [0.4, 0.5) is 0 Å². The van der Waals surface area contributed by atoms with Crippen LogP contribution in [0.15, 0.2) is 78.9 Å². The Morgan fingerprint density at radius 3 is 1.90 bits per heavy atom. The van der Waals surface area contributed by atoms with Crippen molar-refractivity contribution in [3.05, 3.63) is 101 Å². The molecule has 3 aromatic rings. The van der Waals surface area contributed by atoms with E-state index in [4.69, 9.17) is 4.74 Å². The van der Waals surface area contributed by atoms with Gasteiger partial charge in [0.2, 0.25) is 11.6 Å². The van der Waals surface area contributed by atoms with Crippen LogP contribution < -0.4 is 10.1 Å². The van der Waals surface area contributed by atoms with Gasteiger partial charge in [0, 0.05) is 16.7 Å². The molecular weight excluding hydrogens is 366 g/mol. The molecule has 0 fully saturated rings. The summed E-state index contributed by atoms with van der Waals surface area (Å²) in [6.45, 7) is 2.69. The first-order chi connectivity index (χ1) is 14.0. The largest absolute Gasteiger partial charge is 0.492 e. The van der Waals surface area contributed by atoms with Crippen molar-refractivity contribution in [1.82, 2.24) is 5.32 Å². The summed E-state index contributed by atoms with van der Waals surface area (Å²) in [7, 11) is 0. The van der Waals surface area contributed by atoms with Crippen LogP contribution in [-0.4, -0.2) is 30.6 Å². The van der Waals surface area contributed by atoms with E-state index < -0.39 is 11.6 Å². The van der Waals surface area contributed by atoms with Crippen molar-refractivity contribution < 1.29 is 19.1 Å². The first-order valence-corrected chi connectivity index (χ1v) is 9.26. The van der Waals surface area contributed by atoms with E-state index in [1.165, 1.54) is 24.3 Å². The summed E-state index contributed by atoms with van der Waals surface area (Å²) in [6.07, 6.45) is 0. The second-order valence-corrected chi connectivity index (χ2v) is 6.52. The number of benzene rings is 3. The molecule has 1 amide bonds. The van der Waals surface area contributed by atoms with Crippen LogP contribution in [0, 0.1) is 6.92 Å². The predicted octanol–water partition coefficient (Wildman–Crippen LogP) is 3.87. The topological polar surface area (TPSA) is 72.5 Å². The lowest BCUT2D eigenvalue weighted by Crippen LogP contribution is -2.28. The molecule has 0 unspecified atom stereocenters. The zero-order chi connectivity index (χ0) is 20.6. The monoisotopic (exact) mass is 387 g/mol. The Morgan fingerprint density at radius 1 is 0.724 bits per heavy atom. The summed E-state index contributed by atoms with van der Waals surface area (Å²) in [5.74, 6) is -0.701. The number of carbonyl (C=O) groups is 3. The number of amides is 1. The van der Waals surface area contributed by atoms with E-state index in [9.17, 15) is 14.4 Å². The Kier molecular flexibility index (Phi) is 6.53. The van der Waals surface area contributed by atoms with Crippen molar-refractivity contribution in [3.63, 3.8) is 0 Å². The molecule has 5 nitrogen and oxygen atoms in total. The summed E-state index contributed by atoms with van der Waals surface area (Å²) in [5.41, 5.74) is 2.15. The van der Waals surface area contributed by atoms with Gasteiger partial charge in [-0.1, -0.05) is 60.2 Å². The van der Waals surface area contributed by atoms with E-state index in [0.717, 1.165) is 11.3 Å². The molecule has 0 saturated heterocycles. The molecule has 0 aliphatic heterocycles. The SMILES string of the molecule is Cc1ccc(OCCNC(=O)c2ccc(C(=O)C(=O)c3ccccc3)cc2)cc1. The van der Waals surface area contributed by atoms with E-state index in [-0.39, 0.29) is 11.5 Å². The van der Waals surface area contributed by atoms with E-state index >= 15 is 0 Å². The molecule has 0 spiro atoms. The minimum absolute atomic E-state index is 0.248. The van der Waals surface area contributed by atoms with Gasteiger partial charge in [0.25, 0.3) is 5.91 Å². The Labute approximate surface area is 169 Å². The molecule has 0 aliphatic rings. The molecule has 0 radical (unpaired) electrons. The maximum atomic E-state index is 12.3. The molecule has 3 aromatic carbocycles. The van der Waals surface area contributed by atoms with Gasteiger partial charge < -0.3 is 10.1 Å². The van der Waals surface area contributed by atoms with Gasteiger partial charge in [-0.2, -0.15) is 0 Å². The van der Waals surface area contributed by atoms with Crippen LogP contribution in [-0.2, 0) is 0 Å². The zero-order valence-electron chi connectivity index (χ0n) is 16.1. The molecule has 0 aliphatic carbocycles. The van der Waals surface area contributed by atoms with Crippen molar-refractivity contribution in [2.75, 3.05) is 13.2 Å². The summed E-state index contributed by atoms with van der Waals surface area (Å²) in [6, 6.07) is 22.1. The fraction of sp³-hybridized carbons (Fsp3) is 0.125. The molecular formula is C24H21NO4. The number of hydrogen-bond acceptors (Lipinski definition) is 4. The number of nitrogens with one attached hydrogen (secondary N) is 1. The molecule has 3 rings (SSSR count).